The molecular formula is C11H20N4O. The molecule has 1 heterocycles. The van der Waals surface area contributed by atoms with E-state index in [1.165, 1.54) is 6.42 Å². The second kappa shape index (κ2) is 5.41. The van der Waals surface area contributed by atoms with Crippen molar-refractivity contribution in [1.82, 2.24) is 20.1 Å². The summed E-state index contributed by atoms with van der Waals surface area (Å²) in [7, 11) is 1.90. The molecule has 2 unspecified atom stereocenters. The van der Waals surface area contributed by atoms with Gasteiger partial charge in [-0.25, -0.2) is 4.98 Å². The van der Waals surface area contributed by atoms with Crippen LogP contribution in [0.4, 0.5) is 0 Å². The van der Waals surface area contributed by atoms with Crippen LogP contribution in [0, 0.1) is 5.92 Å². The third kappa shape index (κ3) is 3.02. The number of nitrogens with one attached hydrogen (secondary N) is 1. The third-order valence-electron chi connectivity index (χ3n) is 3.28. The van der Waals surface area contributed by atoms with Gasteiger partial charge in [0.15, 0.2) is 0 Å². The molecule has 0 bridgehead atoms. The van der Waals surface area contributed by atoms with Crippen molar-refractivity contribution in [2.45, 2.75) is 38.3 Å². The highest BCUT2D eigenvalue weighted by molar-refractivity contribution is 4.83. The topological polar surface area (TPSA) is 63.0 Å². The molecule has 2 N–H and O–H groups in total. The average Bonchev–Trinajstić information content (AvgIpc) is 2.65. The predicted octanol–water partition coefficient (Wildman–Crippen LogP) is 0.456. The van der Waals surface area contributed by atoms with E-state index in [0.29, 0.717) is 5.92 Å². The molecule has 0 spiro atoms. The molecule has 5 heteroatoms. The summed E-state index contributed by atoms with van der Waals surface area (Å²) in [6.07, 6.45) is 5.77. The van der Waals surface area contributed by atoms with Crippen LogP contribution in [-0.4, -0.2) is 32.5 Å². The van der Waals surface area contributed by atoms with Crippen LogP contribution in [0.1, 0.15) is 31.5 Å². The fourth-order valence-corrected chi connectivity index (χ4v) is 2.32. The van der Waals surface area contributed by atoms with Gasteiger partial charge in [0, 0.05) is 7.05 Å². The lowest BCUT2D eigenvalue weighted by atomic mass is 9.87. The molecule has 2 atom stereocenters. The SMILES string of the molecule is Cn1ncnc1CNCC1CCCC(O)C1. The number of aliphatic hydroxyl groups is 1. The Labute approximate surface area is 95.9 Å². The normalized spacial score (nSPS) is 25.9. The van der Waals surface area contributed by atoms with Gasteiger partial charge in [-0.2, -0.15) is 5.10 Å². The van der Waals surface area contributed by atoms with Gasteiger partial charge < -0.3 is 10.4 Å². The van der Waals surface area contributed by atoms with Crippen LogP contribution in [0.2, 0.25) is 0 Å². The van der Waals surface area contributed by atoms with Crippen molar-refractivity contribution in [3.8, 4) is 0 Å². The number of aliphatic hydroxyl groups excluding tert-OH is 1. The van der Waals surface area contributed by atoms with Gasteiger partial charge in [-0.3, -0.25) is 4.68 Å². The Morgan fingerprint density at radius 1 is 1.56 bits per heavy atom. The average molecular weight is 224 g/mol. The molecule has 5 nitrogen and oxygen atoms in total. The highest BCUT2D eigenvalue weighted by Gasteiger charge is 2.19. The Kier molecular flexibility index (Phi) is 3.90. The lowest BCUT2D eigenvalue weighted by Gasteiger charge is -2.25. The quantitative estimate of drug-likeness (QED) is 0.779. The summed E-state index contributed by atoms with van der Waals surface area (Å²) < 4.78 is 1.78. The number of nitrogens with zero attached hydrogens (tertiary/aromatic N) is 3. The number of rotatable bonds is 4. The smallest absolute Gasteiger partial charge is 0.140 e. The van der Waals surface area contributed by atoms with Crippen LogP contribution in [0.15, 0.2) is 6.33 Å². The molecule has 1 fully saturated rings. The Hall–Kier alpha value is -0.940. The Morgan fingerprint density at radius 3 is 3.12 bits per heavy atom. The van der Waals surface area contributed by atoms with Crippen molar-refractivity contribution in [3.05, 3.63) is 12.2 Å². The summed E-state index contributed by atoms with van der Waals surface area (Å²) in [6, 6.07) is 0. The minimum atomic E-state index is -0.0876. The summed E-state index contributed by atoms with van der Waals surface area (Å²) >= 11 is 0. The second-order valence-corrected chi connectivity index (χ2v) is 4.62. The third-order valence-corrected chi connectivity index (χ3v) is 3.28. The van der Waals surface area contributed by atoms with E-state index in [1.807, 2.05) is 7.05 Å². The van der Waals surface area contributed by atoms with Gasteiger partial charge in [-0.1, -0.05) is 6.42 Å². The van der Waals surface area contributed by atoms with Crippen molar-refractivity contribution in [2.24, 2.45) is 13.0 Å². The first-order chi connectivity index (χ1) is 7.75. The molecule has 2 rings (SSSR count). The van der Waals surface area contributed by atoms with Crippen molar-refractivity contribution >= 4 is 0 Å². The maximum Gasteiger partial charge on any atom is 0.140 e. The van der Waals surface area contributed by atoms with Crippen LogP contribution < -0.4 is 5.32 Å². The molecule has 1 aliphatic carbocycles. The molecule has 0 amide bonds. The molecule has 1 aromatic heterocycles. The molecule has 0 aliphatic heterocycles. The zero-order chi connectivity index (χ0) is 11.4. The molecule has 0 saturated heterocycles. The van der Waals surface area contributed by atoms with Crippen LogP contribution in [-0.2, 0) is 13.6 Å². The molecule has 1 aromatic rings. The summed E-state index contributed by atoms with van der Waals surface area (Å²) in [6.45, 7) is 1.72. The van der Waals surface area contributed by atoms with Crippen LogP contribution in [0.3, 0.4) is 0 Å². The molecule has 16 heavy (non-hydrogen) atoms. The van der Waals surface area contributed by atoms with Crippen molar-refractivity contribution < 1.29 is 5.11 Å². The van der Waals surface area contributed by atoms with Crippen LogP contribution in [0.25, 0.3) is 0 Å². The standard InChI is InChI=1S/C11H20N4O/c1-15-11(13-8-14-15)7-12-6-9-3-2-4-10(16)5-9/h8-10,12,16H,2-7H2,1H3. The molecular weight excluding hydrogens is 204 g/mol. The van der Waals surface area contributed by atoms with E-state index in [4.69, 9.17) is 0 Å². The largest absolute Gasteiger partial charge is 0.393 e. The van der Waals surface area contributed by atoms with Gasteiger partial charge in [0.1, 0.15) is 12.2 Å². The second-order valence-electron chi connectivity index (χ2n) is 4.62. The van der Waals surface area contributed by atoms with Gasteiger partial charge in [-0.05, 0) is 31.7 Å². The number of hydrogen-bond acceptors (Lipinski definition) is 4. The molecule has 0 radical (unpaired) electrons. The molecule has 1 saturated carbocycles. The Bertz CT molecular complexity index is 326. The van der Waals surface area contributed by atoms with E-state index >= 15 is 0 Å². The fourth-order valence-electron chi connectivity index (χ4n) is 2.32. The summed E-state index contributed by atoms with van der Waals surface area (Å²) in [4.78, 5) is 4.15. The highest BCUT2D eigenvalue weighted by atomic mass is 16.3. The maximum atomic E-state index is 9.55. The van der Waals surface area contributed by atoms with Crippen molar-refractivity contribution in [2.75, 3.05) is 6.54 Å². The van der Waals surface area contributed by atoms with Gasteiger partial charge in [-0.15, -0.1) is 0 Å². The summed E-state index contributed by atoms with van der Waals surface area (Å²) in [5.41, 5.74) is 0. The zero-order valence-corrected chi connectivity index (χ0v) is 9.76. The van der Waals surface area contributed by atoms with E-state index in [2.05, 4.69) is 15.4 Å². The molecule has 1 aliphatic rings. The minimum absolute atomic E-state index is 0.0876. The van der Waals surface area contributed by atoms with Crippen molar-refractivity contribution in [3.63, 3.8) is 0 Å². The van der Waals surface area contributed by atoms with Gasteiger partial charge in [0.05, 0.1) is 12.6 Å². The summed E-state index contributed by atoms with van der Waals surface area (Å²) in [5.74, 6) is 1.56. The molecule has 0 aromatic carbocycles. The maximum absolute atomic E-state index is 9.55. The first-order valence-electron chi connectivity index (χ1n) is 5.97. The monoisotopic (exact) mass is 224 g/mol. The highest BCUT2D eigenvalue weighted by Crippen LogP contribution is 2.23. The number of aromatic nitrogens is 3. The van der Waals surface area contributed by atoms with Gasteiger partial charge in [0.25, 0.3) is 0 Å². The number of aryl methyl sites for hydroxylation is 1. The van der Waals surface area contributed by atoms with Crippen LogP contribution >= 0.6 is 0 Å². The minimum Gasteiger partial charge on any atom is -0.393 e. The zero-order valence-electron chi connectivity index (χ0n) is 9.76. The van der Waals surface area contributed by atoms with E-state index in [-0.39, 0.29) is 6.10 Å². The summed E-state index contributed by atoms with van der Waals surface area (Å²) in [5, 5.41) is 17.0. The Morgan fingerprint density at radius 2 is 2.44 bits per heavy atom. The van der Waals surface area contributed by atoms with E-state index in [0.717, 1.165) is 38.2 Å². The first-order valence-corrected chi connectivity index (χ1v) is 5.97. The molecule has 90 valence electrons. The predicted molar refractivity (Wildman–Crippen MR) is 60.7 cm³/mol. The van der Waals surface area contributed by atoms with E-state index in [1.54, 1.807) is 11.0 Å². The number of hydrogen-bond donors (Lipinski definition) is 2. The first kappa shape index (κ1) is 11.5. The lowest BCUT2D eigenvalue weighted by molar-refractivity contribution is 0.100. The lowest BCUT2D eigenvalue weighted by Crippen LogP contribution is -2.29. The van der Waals surface area contributed by atoms with E-state index in [9.17, 15) is 5.11 Å². The van der Waals surface area contributed by atoms with Gasteiger partial charge in [0.2, 0.25) is 0 Å². The Balaban J connectivity index is 1.70. The van der Waals surface area contributed by atoms with Gasteiger partial charge >= 0.3 is 0 Å². The van der Waals surface area contributed by atoms with Crippen molar-refractivity contribution in [1.29, 1.82) is 0 Å². The van der Waals surface area contributed by atoms with E-state index < -0.39 is 0 Å². The van der Waals surface area contributed by atoms with Crippen LogP contribution in [0.5, 0.6) is 0 Å². The fraction of sp³-hybridized carbons (Fsp3) is 0.818.